The van der Waals surface area contributed by atoms with Gasteiger partial charge in [0.15, 0.2) is 0 Å². The summed E-state index contributed by atoms with van der Waals surface area (Å²) in [5, 5.41) is 10.3. The minimum atomic E-state index is 0.274. The van der Waals surface area contributed by atoms with Crippen molar-refractivity contribution in [2.45, 2.75) is 12.8 Å². The quantitative estimate of drug-likeness (QED) is 0.211. The zero-order chi connectivity index (χ0) is 25.4. The van der Waals surface area contributed by atoms with Crippen molar-refractivity contribution in [1.29, 1.82) is 0 Å². The Bertz CT molecular complexity index is 2130. The Morgan fingerprint density at radius 3 is 1.82 bits per heavy atom. The summed E-state index contributed by atoms with van der Waals surface area (Å²) in [5.41, 5.74) is 5.08. The summed E-state index contributed by atoms with van der Waals surface area (Å²) in [7, 11) is 0. The van der Waals surface area contributed by atoms with Crippen LogP contribution in [0, 0.1) is 0 Å². The van der Waals surface area contributed by atoms with Gasteiger partial charge in [-0.05, 0) is 69.4 Å². The lowest BCUT2D eigenvalue weighted by Gasteiger charge is -2.15. The fraction of sp³-hybridized carbons (Fsp3) is 0.0556. The fourth-order valence-corrected chi connectivity index (χ4v) is 7.41. The molecule has 0 unspecified atom stereocenters. The highest BCUT2D eigenvalue weighted by Crippen LogP contribution is 2.45. The number of thiophene rings is 1. The van der Waals surface area contributed by atoms with Crippen LogP contribution in [0.1, 0.15) is 18.4 Å². The molecule has 0 fully saturated rings. The number of aromatic nitrogens is 1. The Labute approximate surface area is 224 Å². The number of fused-ring (bicyclic) bond motifs is 8. The lowest BCUT2D eigenvalue weighted by Crippen LogP contribution is -1.97. The van der Waals surface area contributed by atoms with Crippen molar-refractivity contribution in [2.75, 3.05) is 0 Å². The van der Waals surface area contributed by atoms with Gasteiger partial charge in [0.2, 0.25) is 0 Å². The zero-order valence-corrected chi connectivity index (χ0v) is 21.9. The van der Waals surface area contributed by atoms with Crippen molar-refractivity contribution in [3.05, 3.63) is 127 Å². The normalized spacial score (nSPS) is 12.9. The van der Waals surface area contributed by atoms with E-state index in [1.807, 2.05) is 11.3 Å². The highest BCUT2D eigenvalue weighted by Gasteiger charge is 2.20. The Balaban J connectivity index is 1.59. The van der Waals surface area contributed by atoms with Crippen LogP contribution in [0.15, 0.2) is 122 Å². The van der Waals surface area contributed by atoms with Crippen LogP contribution in [0.4, 0.5) is 0 Å². The molecule has 180 valence electrons. The molecule has 0 spiro atoms. The molecule has 2 heterocycles. The number of allylic oxidation sites excluding steroid dienone is 1. The largest absolute Gasteiger partial charge is 0.308 e. The first-order valence-corrected chi connectivity index (χ1v) is 14.0. The molecular weight excluding hydrogens is 478 g/mol. The van der Waals surface area contributed by atoms with Gasteiger partial charge in [-0.15, -0.1) is 17.9 Å². The van der Waals surface area contributed by atoms with Crippen molar-refractivity contribution in [1.82, 2.24) is 4.57 Å². The number of rotatable bonds is 3. The Morgan fingerprint density at radius 1 is 0.658 bits per heavy atom. The van der Waals surface area contributed by atoms with Crippen LogP contribution in [0.3, 0.4) is 0 Å². The van der Waals surface area contributed by atoms with Crippen LogP contribution in [-0.2, 0) is 0 Å². The molecule has 2 heteroatoms. The van der Waals surface area contributed by atoms with Gasteiger partial charge in [-0.1, -0.05) is 85.8 Å². The molecule has 0 aliphatic carbocycles. The minimum Gasteiger partial charge on any atom is -0.308 e. The SMILES string of the molecule is C=C[C@@H](C)c1ccc(-n2c3cc4ccccc4cc3c3cc4ccccc4cc32)c2sc3ccccc3c12. The maximum atomic E-state index is 4.12. The van der Waals surface area contributed by atoms with Gasteiger partial charge in [-0.25, -0.2) is 0 Å². The molecule has 38 heavy (non-hydrogen) atoms. The predicted molar refractivity (Wildman–Crippen MR) is 167 cm³/mol. The highest BCUT2D eigenvalue weighted by atomic mass is 32.1. The van der Waals surface area contributed by atoms with Gasteiger partial charge in [0.1, 0.15) is 0 Å². The molecule has 0 amide bonds. The first-order chi connectivity index (χ1) is 18.7. The Morgan fingerprint density at radius 2 is 1.21 bits per heavy atom. The summed E-state index contributed by atoms with van der Waals surface area (Å²) < 4.78 is 5.16. The first-order valence-electron chi connectivity index (χ1n) is 13.1. The van der Waals surface area contributed by atoms with E-state index in [1.54, 1.807) is 0 Å². The van der Waals surface area contributed by atoms with E-state index < -0.39 is 0 Å². The molecule has 0 saturated heterocycles. The van der Waals surface area contributed by atoms with E-state index in [9.17, 15) is 0 Å². The molecule has 0 N–H and O–H groups in total. The highest BCUT2D eigenvalue weighted by molar-refractivity contribution is 7.26. The van der Waals surface area contributed by atoms with E-state index in [-0.39, 0.29) is 5.92 Å². The minimum absolute atomic E-state index is 0.274. The van der Waals surface area contributed by atoms with Crippen molar-refractivity contribution >= 4 is 74.9 Å². The van der Waals surface area contributed by atoms with Crippen molar-refractivity contribution in [3.63, 3.8) is 0 Å². The molecule has 2 aromatic heterocycles. The second-order valence-corrected chi connectivity index (χ2v) is 11.3. The second kappa shape index (κ2) is 8.05. The van der Waals surface area contributed by atoms with Crippen LogP contribution >= 0.6 is 11.3 Å². The van der Waals surface area contributed by atoms with Gasteiger partial charge in [0, 0.05) is 26.2 Å². The molecule has 0 aliphatic rings. The van der Waals surface area contributed by atoms with Gasteiger partial charge < -0.3 is 4.57 Å². The lowest BCUT2D eigenvalue weighted by molar-refractivity contribution is 0.984. The van der Waals surface area contributed by atoms with Crippen LogP contribution in [0.2, 0.25) is 0 Å². The maximum Gasteiger partial charge on any atom is 0.0641 e. The van der Waals surface area contributed by atoms with Gasteiger partial charge in [-0.3, -0.25) is 0 Å². The monoisotopic (exact) mass is 503 g/mol. The molecular formula is C36H25NS. The molecule has 8 aromatic rings. The van der Waals surface area contributed by atoms with Gasteiger partial charge >= 0.3 is 0 Å². The van der Waals surface area contributed by atoms with Gasteiger partial charge in [0.05, 0.1) is 21.4 Å². The molecule has 6 aromatic carbocycles. The van der Waals surface area contributed by atoms with Crippen molar-refractivity contribution in [3.8, 4) is 5.69 Å². The standard InChI is InChI=1S/C36H25NS/c1-3-22(2)27-16-17-31(36-35(27)28-14-8-9-15-34(28)38-36)37-32-20-25-12-6-4-10-23(25)18-29(32)30-19-24-11-5-7-13-26(24)21-33(30)37/h3-22H,1H2,2H3/t22-/m1/s1. The van der Waals surface area contributed by atoms with Crippen LogP contribution in [0.25, 0.3) is 69.2 Å². The average molecular weight is 504 g/mol. The van der Waals surface area contributed by atoms with Crippen LogP contribution in [-0.4, -0.2) is 4.57 Å². The fourth-order valence-electron chi connectivity index (χ4n) is 6.17. The third kappa shape index (κ3) is 2.98. The first kappa shape index (κ1) is 21.7. The summed E-state index contributed by atoms with van der Waals surface area (Å²) in [6.07, 6.45) is 2.06. The number of hydrogen-bond acceptors (Lipinski definition) is 1. The molecule has 0 bridgehead atoms. The van der Waals surface area contributed by atoms with Crippen molar-refractivity contribution in [2.24, 2.45) is 0 Å². The summed E-state index contributed by atoms with van der Waals surface area (Å²) in [5.74, 6) is 0.274. The van der Waals surface area contributed by atoms with E-state index in [0.717, 1.165) is 0 Å². The Hall–Kier alpha value is -4.40. The number of benzene rings is 6. The molecule has 8 rings (SSSR count). The van der Waals surface area contributed by atoms with E-state index in [0.29, 0.717) is 0 Å². The molecule has 0 saturated carbocycles. The lowest BCUT2D eigenvalue weighted by atomic mass is 9.95. The van der Waals surface area contributed by atoms with Gasteiger partial charge in [0.25, 0.3) is 0 Å². The third-order valence-electron chi connectivity index (χ3n) is 8.12. The van der Waals surface area contributed by atoms with E-state index in [1.165, 1.54) is 74.8 Å². The molecule has 1 nitrogen and oxygen atoms in total. The average Bonchev–Trinajstić information content (AvgIpc) is 3.49. The summed E-state index contributed by atoms with van der Waals surface area (Å²) in [4.78, 5) is 0. The second-order valence-electron chi connectivity index (χ2n) is 10.3. The summed E-state index contributed by atoms with van der Waals surface area (Å²) in [6.45, 7) is 6.36. The summed E-state index contributed by atoms with van der Waals surface area (Å²) in [6, 6.07) is 40.3. The summed E-state index contributed by atoms with van der Waals surface area (Å²) >= 11 is 1.90. The van der Waals surface area contributed by atoms with Crippen molar-refractivity contribution < 1.29 is 0 Å². The molecule has 0 radical (unpaired) electrons. The Kier molecular flexibility index (Phi) is 4.59. The van der Waals surface area contributed by atoms with Crippen LogP contribution < -0.4 is 0 Å². The smallest absolute Gasteiger partial charge is 0.0641 e. The zero-order valence-electron chi connectivity index (χ0n) is 21.1. The third-order valence-corrected chi connectivity index (χ3v) is 9.32. The predicted octanol–water partition coefficient (Wildman–Crippen LogP) is 10.7. The maximum absolute atomic E-state index is 4.12. The molecule has 0 aliphatic heterocycles. The topological polar surface area (TPSA) is 4.93 Å². The van der Waals surface area contributed by atoms with E-state index in [4.69, 9.17) is 0 Å². The van der Waals surface area contributed by atoms with Gasteiger partial charge in [-0.2, -0.15) is 0 Å². The number of nitrogens with zero attached hydrogens (tertiary/aromatic N) is 1. The van der Waals surface area contributed by atoms with E-state index in [2.05, 4.69) is 133 Å². The number of hydrogen-bond donors (Lipinski definition) is 0. The van der Waals surface area contributed by atoms with E-state index >= 15 is 0 Å². The van der Waals surface area contributed by atoms with Crippen LogP contribution in [0.5, 0.6) is 0 Å². The molecule has 1 atom stereocenters.